The van der Waals surface area contributed by atoms with Crippen LogP contribution in [-0.4, -0.2) is 17.6 Å². The number of pyridine rings is 1. The van der Waals surface area contributed by atoms with Crippen molar-refractivity contribution in [1.82, 2.24) is 9.97 Å². The third-order valence-corrected chi connectivity index (χ3v) is 2.09. The molecule has 0 bridgehead atoms. The van der Waals surface area contributed by atoms with Crippen molar-refractivity contribution in [2.24, 2.45) is 0 Å². The second kappa shape index (κ2) is 2.80. The summed E-state index contributed by atoms with van der Waals surface area (Å²) in [7, 11) is 1.63. The van der Waals surface area contributed by atoms with Gasteiger partial charge in [-0.1, -0.05) is 4.98 Å². The maximum atomic E-state index is 5.41. The Hall–Kier alpha value is -1.91. The Labute approximate surface area is 81.5 Å². The number of hydrogen-bond acceptors (Lipinski definition) is 3. The number of aromatic nitrogens is 3. The highest BCUT2D eigenvalue weighted by atomic mass is 16.4. The minimum absolute atomic E-state index is 0.790. The Bertz CT molecular complexity index is 443. The number of fused-ring (bicyclic) bond motifs is 3. The molecular formula is C9H6BN3O+. The summed E-state index contributed by atoms with van der Waals surface area (Å²) in [6.07, 6.45) is 7.09. The van der Waals surface area contributed by atoms with Gasteiger partial charge in [-0.3, -0.25) is 9.46 Å². The van der Waals surface area contributed by atoms with Gasteiger partial charge in [-0.25, -0.2) is 0 Å². The summed E-state index contributed by atoms with van der Waals surface area (Å²) >= 11 is 0. The molecule has 0 atom stereocenters. The molecule has 1 aliphatic rings. The Kier molecular flexibility index (Phi) is 1.50. The van der Waals surface area contributed by atoms with Crippen molar-refractivity contribution in [3.05, 3.63) is 36.9 Å². The van der Waals surface area contributed by atoms with E-state index in [1.54, 1.807) is 26.2 Å². The smallest absolute Gasteiger partial charge is 0.521 e. The highest BCUT2D eigenvalue weighted by Crippen LogP contribution is 2.26. The van der Waals surface area contributed by atoms with Crippen LogP contribution in [-0.2, 0) is 0 Å². The second-order valence-corrected chi connectivity index (χ2v) is 2.95. The minimum Gasteiger partial charge on any atom is -0.521 e. The molecule has 1 radical (unpaired) electrons. The molecule has 0 saturated heterocycles. The zero-order valence-electron chi connectivity index (χ0n) is 7.29. The molecule has 0 fully saturated rings. The summed E-state index contributed by atoms with van der Waals surface area (Å²) in [6.45, 7) is 0. The van der Waals surface area contributed by atoms with Gasteiger partial charge in [0.15, 0.2) is 0 Å². The normalized spacial score (nSPS) is 12.0. The van der Waals surface area contributed by atoms with Crippen molar-refractivity contribution in [1.29, 1.82) is 0 Å². The van der Waals surface area contributed by atoms with Gasteiger partial charge in [0, 0.05) is 18.5 Å². The van der Waals surface area contributed by atoms with Gasteiger partial charge >= 0.3 is 13.4 Å². The van der Waals surface area contributed by atoms with Crippen molar-refractivity contribution >= 4 is 7.62 Å². The molecule has 65 valence electrons. The van der Waals surface area contributed by atoms with Gasteiger partial charge in [-0.05, 0) is 6.07 Å². The molecule has 2 aromatic heterocycles. The Morgan fingerprint density at radius 3 is 3.36 bits per heavy atom. The van der Waals surface area contributed by atoms with Gasteiger partial charge in [0.1, 0.15) is 17.5 Å². The highest BCUT2D eigenvalue weighted by molar-refractivity contribution is 6.18. The van der Waals surface area contributed by atoms with Crippen LogP contribution >= 0.6 is 0 Å². The zero-order valence-corrected chi connectivity index (χ0v) is 7.29. The summed E-state index contributed by atoms with van der Waals surface area (Å²) in [6, 6.07) is 3.68. The van der Waals surface area contributed by atoms with Crippen LogP contribution in [0, 0.1) is 0 Å². The van der Waals surface area contributed by atoms with Crippen LogP contribution in [0.1, 0.15) is 0 Å². The van der Waals surface area contributed by atoms with Crippen molar-refractivity contribution < 1.29 is 9.13 Å². The fourth-order valence-corrected chi connectivity index (χ4v) is 1.44. The number of hydrogen-bond donors (Lipinski definition) is 0. The molecule has 2 aromatic rings. The molecule has 0 amide bonds. The minimum atomic E-state index is 0.790. The summed E-state index contributed by atoms with van der Waals surface area (Å²) in [4.78, 5) is 8.32. The van der Waals surface area contributed by atoms with Gasteiger partial charge in [-0.15, -0.1) is 0 Å². The van der Waals surface area contributed by atoms with Crippen LogP contribution in [0.2, 0.25) is 0 Å². The first-order chi connectivity index (χ1) is 6.95. The van der Waals surface area contributed by atoms with Gasteiger partial charge in [0.2, 0.25) is 0 Å². The summed E-state index contributed by atoms with van der Waals surface area (Å²) in [5.74, 6) is 1.64. The molecule has 0 spiro atoms. The van der Waals surface area contributed by atoms with E-state index in [0.717, 1.165) is 17.1 Å². The molecule has 0 N–H and O–H groups in total. The van der Waals surface area contributed by atoms with Gasteiger partial charge in [-0.2, -0.15) is 0 Å². The van der Waals surface area contributed by atoms with Crippen LogP contribution < -0.4 is 9.13 Å². The third kappa shape index (κ3) is 0.986. The highest BCUT2D eigenvalue weighted by Gasteiger charge is 2.27. The summed E-state index contributed by atoms with van der Waals surface area (Å²) in [5, 5.41) is 0. The maximum Gasteiger partial charge on any atom is 0.680 e. The lowest BCUT2D eigenvalue weighted by atomic mass is 10.1. The van der Waals surface area contributed by atoms with Gasteiger partial charge < -0.3 is 4.65 Å². The molecule has 0 saturated carbocycles. The van der Waals surface area contributed by atoms with Crippen molar-refractivity contribution in [3.63, 3.8) is 0 Å². The van der Waals surface area contributed by atoms with Crippen LogP contribution in [0.4, 0.5) is 0 Å². The topological polar surface area (TPSA) is 38.9 Å². The van der Waals surface area contributed by atoms with Gasteiger partial charge in [0.05, 0.1) is 6.20 Å². The quantitative estimate of drug-likeness (QED) is 0.547. The van der Waals surface area contributed by atoms with E-state index in [-0.39, 0.29) is 0 Å². The maximum absolute atomic E-state index is 5.41. The molecule has 3 heterocycles. The van der Waals surface area contributed by atoms with E-state index in [2.05, 4.69) is 9.97 Å². The molecule has 0 aliphatic carbocycles. The first kappa shape index (κ1) is 7.49. The van der Waals surface area contributed by atoms with E-state index in [1.807, 2.05) is 22.8 Å². The van der Waals surface area contributed by atoms with E-state index >= 15 is 0 Å². The largest absolute Gasteiger partial charge is 0.680 e. The SMILES string of the molecule is [B]1Oc2ccncc2-c2nccc[n+]21. The standard InChI is InChI=1S/C9H6BN3O/c1-3-12-9-7-6-11-4-2-8(7)14-10-13(9)5-1/h1-6H/q+1. The Morgan fingerprint density at radius 2 is 2.36 bits per heavy atom. The van der Waals surface area contributed by atoms with E-state index in [9.17, 15) is 0 Å². The molecule has 14 heavy (non-hydrogen) atoms. The van der Waals surface area contributed by atoms with Gasteiger partial charge in [0.25, 0.3) is 0 Å². The number of rotatable bonds is 0. The van der Waals surface area contributed by atoms with Crippen LogP contribution in [0.25, 0.3) is 11.4 Å². The summed E-state index contributed by atoms with van der Waals surface area (Å²) in [5.41, 5.74) is 0.913. The second-order valence-electron chi connectivity index (χ2n) is 2.95. The van der Waals surface area contributed by atoms with E-state index in [1.165, 1.54) is 0 Å². The average Bonchev–Trinajstić information content (AvgIpc) is 2.29. The molecule has 1 aliphatic heterocycles. The van der Waals surface area contributed by atoms with Crippen molar-refractivity contribution in [3.8, 4) is 17.1 Å². The third-order valence-electron chi connectivity index (χ3n) is 2.09. The zero-order chi connectivity index (χ0) is 9.38. The summed E-state index contributed by atoms with van der Waals surface area (Å²) < 4.78 is 7.23. The van der Waals surface area contributed by atoms with Crippen LogP contribution in [0.3, 0.4) is 0 Å². The molecule has 3 rings (SSSR count). The first-order valence-corrected chi connectivity index (χ1v) is 4.26. The fraction of sp³-hybridized carbons (Fsp3) is 0. The van der Waals surface area contributed by atoms with E-state index in [0.29, 0.717) is 0 Å². The lowest BCUT2D eigenvalue weighted by molar-refractivity contribution is -0.531. The van der Waals surface area contributed by atoms with Crippen LogP contribution in [0.15, 0.2) is 36.9 Å². The monoisotopic (exact) mass is 183 g/mol. The van der Waals surface area contributed by atoms with Crippen LogP contribution in [0.5, 0.6) is 5.75 Å². The molecule has 0 unspecified atom stereocenters. The fourth-order valence-electron chi connectivity index (χ4n) is 1.44. The van der Waals surface area contributed by atoms with Crippen molar-refractivity contribution in [2.75, 3.05) is 0 Å². The average molecular weight is 183 g/mol. The lowest BCUT2D eigenvalue weighted by Gasteiger charge is -2.12. The molecule has 4 nitrogen and oxygen atoms in total. The predicted octanol–water partition coefficient (Wildman–Crippen LogP) is 0.206. The Morgan fingerprint density at radius 1 is 1.36 bits per heavy atom. The molecular weight excluding hydrogens is 177 g/mol. The lowest BCUT2D eigenvalue weighted by Crippen LogP contribution is -2.48. The Balaban J connectivity index is 2.29. The molecule has 0 aromatic carbocycles. The molecule has 5 heteroatoms. The van der Waals surface area contributed by atoms with E-state index in [4.69, 9.17) is 4.65 Å². The van der Waals surface area contributed by atoms with E-state index < -0.39 is 0 Å². The number of nitrogens with zero attached hydrogens (tertiary/aromatic N) is 3. The van der Waals surface area contributed by atoms with Crippen molar-refractivity contribution in [2.45, 2.75) is 0 Å². The first-order valence-electron chi connectivity index (χ1n) is 4.26. The predicted molar refractivity (Wildman–Crippen MR) is 49.4 cm³/mol.